The summed E-state index contributed by atoms with van der Waals surface area (Å²) in [5.74, 6) is -0.144. The Hall–Kier alpha value is -0.630. The van der Waals surface area contributed by atoms with Gasteiger partial charge in [0.1, 0.15) is 30.5 Å². The molecule has 1 aliphatic rings. The Morgan fingerprint density at radius 1 is 0.640 bits per heavy atom. The summed E-state index contributed by atoms with van der Waals surface area (Å²) in [5.41, 5.74) is 0. The van der Waals surface area contributed by atoms with E-state index in [1.807, 2.05) is 0 Å². The largest absolute Gasteiger partial charge is 0.394 e. The van der Waals surface area contributed by atoms with Crippen LogP contribution in [-0.2, 0) is 19.5 Å². The van der Waals surface area contributed by atoms with Gasteiger partial charge in [0.15, 0.2) is 12.5 Å². The average molecular weight is 736 g/mol. The highest BCUT2D eigenvalue weighted by molar-refractivity contribution is 7.89. The first-order valence-corrected chi connectivity index (χ1v) is 22.1. The Morgan fingerprint density at radius 3 is 1.50 bits per heavy atom. The molecule has 0 radical (unpaired) electrons. The van der Waals surface area contributed by atoms with Gasteiger partial charge in [-0.25, -0.2) is 8.42 Å². The van der Waals surface area contributed by atoms with Crippen LogP contribution in [0.2, 0.25) is 0 Å². The molecule has 7 atom stereocenters. The van der Waals surface area contributed by atoms with Crippen molar-refractivity contribution in [2.45, 2.75) is 224 Å². The Balaban J connectivity index is 2.50. The molecule has 0 amide bonds. The Labute approximate surface area is 305 Å². The van der Waals surface area contributed by atoms with Crippen LogP contribution in [0.4, 0.5) is 0 Å². The number of hydrogen-bond donors (Lipinski definition) is 6. The van der Waals surface area contributed by atoms with E-state index in [2.05, 4.69) is 18.6 Å². The summed E-state index contributed by atoms with van der Waals surface area (Å²) in [4.78, 5) is 0. The van der Waals surface area contributed by atoms with Crippen LogP contribution in [0.5, 0.6) is 0 Å². The number of nitrogens with one attached hydrogen (secondary N) is 1. The third-order valence-corrected chi connectivity index (χ3v) is 11.2. The molecule has 0 aromatic heterocycles. The third kappa shape index (κ3) is 23.1. The van der Waals surface area contributed by atoms with Crippen molar-refractivity contribution >= 4 is 10.0 Å². The topological polar surface area (TPSA) is 166 Å². The van der Waals surface area contributed by atoms with E-state index in [4.69, 9.17) is 9.47 Å². The van der Waals surface area contributed by atoms with E-state index in [9.17, 15) is 34.0 Å². The van der Waals surface area contributed by atoms with Crippen molar-refractivity contribution in [3.05, 3.63) is 12.2 Å². The van der Waals surface area contributed by atoms with Crippen molar-refractivity contribution in [2.24, 2.45) is 0 Å². The van der Waals surface area contributed by atoms with Gasteiger partial charge in [-0.15, -0.1) is 0 Å². The molecule has 11 heteroatoms. The van der Waals surface area contributed by atoms with Gasteiger partial charge < -0.3 is 35.0 Å². The lowest BCUT2D eigenvalue weighted by Gasteiger charge is -2.41. The molecule has 298 valence electrons. The maximum absolute atomic E-state index is 13.1. The second-order valence-electron chi connectivity index (χ2n) is 14.5. The molecular formula is C39H77NO9S. The molecule has 1 saturated heterocycles. The lowest BCUT2D eigenvalue weighted by atomic mass is 9.99. The molecule has 2 unspecified atom stereocenters. The summed E-state index contributed by atoms with van der Waals surface area (Å²) in [6, 6.07) is 0. The molecule has 0 saturated carbocycles. The minimum Gasteiger partial charge on any atom is -0.394 e. The summed E-state index contributed by atoms with van der Waals surface area (Å²) in [7, 11) is -3.88. The molecule has 0 bridgehead atoms. The van der Waals surface area contributed by atoms with Crippen LogP contribution in [0.25, 0.3) is 0 Å². The lowest BCUT2D eigenvalue weighted by Crippen LogP contribution is -2.61. The standard InChI is InChI=1S/C39H77NO9S/c1-3-5-7-9-11-13-15-17-19-21-23-25-27-29-31-50(46,47)40-38(49-39-37(45)36(44)35(43)34(32-41)48-39)33(42)30-28-26-24-22-20-18-16-14-12-10-8-6-4-2/h28,30,33-45H,3-27,29,31-32H2,1-2H3/b30-28-/t33?,34-,35-,36+,37-,38?,39+/m1/s1. The van der Waals surface area contributed by atoms with Gasteiger partial charge in [-0.05, 0) is 19.3 Å². The summed E-state index contributed by atoms with van der Waals surface area (Å²) in [6.45, 7) is 3.82. The van der Waals surface area contributed by atoms with Crippen molar-refractivity contribution in [3.63, 3.8) is 0 Å². The first-order valence-electron chi connectivity index (χ1n) is 20.5. The first kappa shape index (κ1) is 47.4. The van der Waals surface area contributed by atoms with Gasteiger partial charge >= 0.3 is 0 Å². The van der Waals surface area contributed by atoms with Crippen LogP contribution < -0.4 is 4.72 Å². The summed E-state index contributed by atoms with van der Waals surface area (Å²) < 4.78 is 39.6. The minimum atomic E-state index is -3.88. The lowest BCUT2D eigenvalue weighted by molar-refractivity contribution is -0.316. The van der Waals surface area contributed by atoms with Crippen LogP contribution in [0, 0.1) is 0 Å². The van der Waals surface area contributed by atoms with Crippen molar-refractivity contribution in [1.82, 2.24) is 4.72 Å². The van der Waals surface area contributed by atoms with E-state index >= 15 is 0 Å². The number of aliphatic hydroxyl groups excluding tert-OH is 5. The molecule has 50 heavy (non-hydrogen) atoms. The highest BCUT2D eigenvalue weighted by atomic mass is 32.2. The smallest absolute Gasteiger partial charge is 0.213 e. The fourth-order valence-corrected chi connectivity index (χ4v) is 7.74. The zero-order valence-electron chi connectivity index (χ0n) is 31.8. The summed E-state index contributed by atoms with van der Waals surface area (Å²) in [6.07, 6.45) is 23.0. The number of hydrogen-bond acceptors (Lipinski definition) is 9. The van der Waals surface area contributed by atoms with Gasteiger partial charge in [-0.1, -0.05) is 174 Å². The quantitative estimate of drug-likeness (QED) is 0.0229. The zero-order chi connectivity index (χ0) is 36.9. The Kier molecular flexibility index (Phi) is 29.2. The van der Waals surface area contributed by atoms with Crippen molar-refractivity contribution in [1.29, 1.82) is 0 Å². The molecule has 0 aromatic rings. The van der Waals surface area contributed by atoms with Crippen molar-refractivity contribution in [3.8, 4) is 0 Å². The fourth-order valence-electron chi connectivity index (χ4n) is 6.49. The van der Waals surface area contributed by atoms with E-state index in [0.717, 1.165) is 44.9 Å². The molecule has 1 aliphatic heterocycles. The SMILES string of the molecule is CCCCCCCCCCCCC/C=C\C(O)C(NS(=O)(=O)CCCCCCCCCCCCCCCC)O[C@@H]1O[C@H](CO)[C@@H](O)[C@H](O)[C@H]1O. The number of aliphatic hydroxyl groups is 5. The monoisotopic (exact) mass is 736 g/mol. The highest BCUT2D eigenvalue weighted by Gasteiger charge is 2.45. The van der Waals surface area contributed by atoms with Crippen LogP contribution in [0.15, 0.2) is 12.2 Å². The summed E-state index contributed by atoms with van der Waals surface area (Å²) in [5, 5.41) is 51.3. The van der Waals surface area contributed by atoms with Crippen molar-refractivity contribution < 1.29 is 43.4 Å². The minimum absolute atomic E-state index is 0.144. The van der Waals surface area contributed by atoms with E-state index in [1.54, 1.807) is 6.08 Å². The second-order valence-corrected chi connectivity index (χ2v) is 16.4. The van der Waals surface area contributed by atoms with Gasteiger partial charge in [-0.2, -0.15) is 4.72 Å². The predicted molar refractivity (Wildman–Crippen MR) is 202 cm³/mol. The summed E-state index contributed by atoms with van der Waals surface area (Å²) >= 11 is 0. The maximum Gasteiger partial charge on any atom is 0.213 e. The van der Waals surface area contributed by atoms with Crippen LogP contribution >= 0.6 is 0 Å². The molecule has 1 fully saturated rings. The van der Waals surface area contributed by atoms with Gasteiger partial charge in [0.2, 0.25) is 10.0 Å². The molecule has 0 spiro atoms. The van der Waals surface area contributed by atoms with Gasteiger partial charge in [-0.3, -0.25) is 0 Å². The normalized spacial score (nSPS) is 22.7. The van der Waals surface area contributed by atoms with Crippen LogP contribution in [0.3, 0.4) is 0 Å². The van der Waals surface area contributed by atoms with Gasteiger partial charge in [0, 0.05) is 0 Å². The van der Waals surface area contributed by atoms with E-state index in [1.165, 1.54) is 115 Å². The number of rotatable bonds is 34. The number of allylic oxidation sites excluding steroid dienone is 1. The van der Waals surface area contributed by atoms with Crippen molar-refractivity contribution in [2.75, 3.05) is 12.4 Å². The fraction of sp³-hybridized carbons (Fsp3) is 0.949. The molecule has 0 aromatic carbocycles. The maximum atomic E-state index is 13.1. The third-order valence-electron chi connectivity index (χ3n) is 9.81. The van der Waals surface area contributed by atoms with Gasteiger partial charge in [0.25, 0.3) is 0 Å². The van der Waals surface area contributed by atoms with E-state index < -0.39 is 59.7 Å². The second kappa shape index (κ2) is 30.8. The molecular weight excluding hydrogens is 658 g/mol. The predicted octanol–water partition coefficient (Wildman–Crippen LogP) is 7.15. The Bertz CT molecular complexity index is 904. The zero-order valence-corrected chi connectivity index (χ0v) is 32.6. The van der Waals surface area contributed by atoms with Crippen LogP contribution in [0.1, 0.15) is 181 Å². The van der Waals surface area contributed by atoms with E-state index in [-0.39, 0.29) is 5.75 Å². The van der Waals surface area contributed by atoms with Crippen LogP contribution in [-0.4, -0.2) is 89.3 Å². The number of ether oxygens (including phenoxy) is 2. The first-order chi connectivity index (χ1) is 24.2. The number of unbranched alkanes of at least 4 members (excludes halogenated alkanes) is 24. The molecule has 10 nitrogen and oxygen atoms in total. The Morgan fingerprint density at radius 2 is 1.06 bits per heavy atom. The number of sulfonamides is 1. The highest BCUT2D eigenvalue weighted by Crippen LogP contribution is 2.24. The molecule has 6 N–H and O–H groups in total. The molecule has 0 aliphatic carbocycles. The van der Waals surface area contributed by atoms with Gasteiger partial charge in [0.05, 0.1) is 12.4 Å². The average Bonchev–Trinajstić information content (AvgIpc) is 3.10. The molecule has 1 heterocycles. The van der Waals surface area contributed by atoms with E-state index in [0.29, 0.717) is 12.8 Å². The molecule has 1 rings (SSSR count).